The van der Waals surface area contributed by atoms with E-state index in [-0.39, 0.29) is 104 Å². The quantitative estimate of drug-likeness (QED) is 0.406. The molecule has 0 saturated carbocycles. The van der Waals surface area contributed by atoms with E-state index in [1.54, 1.807) is 21.3 Å². The minimum atomic E-state index is -0.900. The zero-order chi connectivity index (χ0) is 37.4. The van der Waals surface area contributed by atoms with Crippen molar-refractivity contribution in [1.82, 2.24) is 0 Å². The average Bonchev–Trinajstić information content (AvgIpc) is 3.85. The van der Waals surface area contributed by atoms with Crippen molar-refractivity contribution >= 4 is 5.78 Å². The van der Waals surface area contributed by atoms with Crippen molar-refractivity contribution < 1.29 is 62.0 Å². The lowest BCUT2D eigenvalue weighted by Gasteiger charge is -2.47. The lowest BCUT2D eigenvalue weighted by atomic mass is 9.81. The molecule has 14 nitrogen and oxygen atoms in total. The van der Waals surface area contributed by atoms with E-state index in [0.717, 1.165) is 38.5 Å². The maximum atomic E-state index is 14.1. The second kappa shape index (κ2) is 15.4. The van der Waals surface area contributed by atoms with Gasteiger partial charge in [-0.2, -0.15) is 0 Å². The van der Waals surface area contributed by atoms with E-state index in [0.29, 0.717) is 44.4 Å². The highest BCUT2D eigenvalue weighted by atomic mass is 16.8. The summed E-state index contributed by atoms with van der Waals surface area (Å²) in [5.41, 5.74) is 5.84. The molecular formula is C40H63NO13. The van der Waals surface area contributed by atoms with Crippen molar-refractivity contribution in [1.29, 1.82) is 0 Å². The van der Waals surface area contributed by atoms with Crippen LogP contribution in [0.4, 0.5) is 0 Å². The number of hydrogen-bond donors (Lipinski definition) is 2. The Bertz CT molecular complexity index is 1340. The lowest BCUT2D eigenvalue weighted by molar-refractivity contribution is -0.293. The van der Waals surface area contributed by atoms with Crippen LogP contribution in [-0.4, -0.2) is 148 Å². The molecule has 2 unspecified atom stereocenters. The van der Waals surface area contributed by atoms with Gasteiger partial charge in [0.2, 0.25) is 0 Å². The first-order chi connectivity index (χ1) is 26.1. The molecule has 10 aliphatic heterocycles. The molecule has 20 atom stereocenters. The Morgan fingerprint density at radius 1 is 0.741 bits per heavy atom. The monoisotopic (exact) mass is 765 g/mol. The van der Waals surface area contributed by atoms with Crippen LogP contribution in [0.15, 0.2) is 0 Å². The Labute approximate surface area is 318 Å². The zero-order valence-electron chi connectivity index (χ0n) is 32.4. The highest BCUT2D eigenvalue weighted by Crippen LogP contribution is 2.54. The van der Waals surface area contributed by atoms with Crippen molar-refractivity contribution in [3.05, 3.63) is 0 Å². The highest BCUT2D eigenvalue weighted by molar-refractivity contribution is 5.79. The van der Waals surface area contributed by atoms with Crippen molar-refractivity contribution in [2.75, 3.05) is 27.9 Å². The molecule has 0 aliphatic carbocycles. The van der Waals surface area contributed by atoms with E-state index >= 15 is 0 Å². The van der Waals surface area contributed by atoms with Gasteiger partial charge in [-0.1, -0.05) is 6.92 Å². The predicted octanol–water partition coefficient (Wildman–Crippen LogP) is 2.70. The van der Waals surface area contributed by atoms with Gasteiger partial charge in [-0.25, -0.2) is 0 Å². The number of ether oxygens (including phenoxy) is 11. The van der Waals surface area contributed by atoms with Crippen LogP contribution < -0.4 is 5.73 Å². The summed E-state index contributed by atoms with van der Waals surface area (Å²) in [6.45, 7) is 2.36. The smallest absolute Gasteiger partial charge is 0.172 e. The van der Waals surface area contributed by atoms with Crippen molar-refractivity contribution in [3.8, 4) is 0 Å². The first-order valence-electron chi connectivity index (χ1n) is 20.9. The van der Waals surface area contributed by atoms with Gasteiger partial charge in [-0.3, -0.25) is 4.79 Å². The number of Topliss-reactive ketones (excluding diaryl/α,β-unsaturated/α-hetero) is 1. The Balaban J connectivity index is 1.01. The molecule has 10 rings (SSSR count). The van der Waals surface area contributed by atoms with Gasteiger partial charge in [0, 0.05) is 85.2 Å². The van der Waals surface area contributed by atoms with E-state index in [9.17, 15) is 9.90 Å². The summed E-state index contributed by atoms with van der Waals surface area (Å²) in [5, 5.41) is 10.6. The van der Waals surface area contributed by atoms with Gasteiger partial charge in [-0.15, -0.1) is 0 Å². The summed E-state index contributed by atoms with van der Waals surface area (Å²) in [7, 11) is 5.14. The number of rotatable bonds is 6. The molecule has 10 fully saturated rings. The minimum absolute atomic E-state index is 0.0105. The van der Waals surface area contributed by atoms with E-state index in [4.69, 9.17) is 57.8 Å². The van der Waals surface area contributed by atoms with Crippen LogP contribution in [0.5, 0.6) is 0 Å². The van der Waals surface area contributed by atoms with Gasteiger partial charge in [0.05, 0.1) is 67.1 Å². The summed E-state index contributed by atoms with van der Waals surface area (Å²) in [4.78, 5) is 14.1. The van der Waals surface area contributed by atoms with Gasteiger partial charge < -0.3 is 62.9 Å². The van der Waals surface area contributed by atoms with Crippen LogP contribution in [0.1, 0.15) is 96.8 Å². The summed E-state index contributed by atoms with van der Waals surface area (Å²) in [6.07, 6.45) is 4.95. The van der Waals surface area contributed by atoms with Crippen LogP contribution in [0.25, 0.3) is 0 Å². The van der Waals surface area contributed by atoms with Crippen LogP contribution in [0.2, 0.25) is 0 Å². The summed E-state index contributed by atoms with van der Waals surface area (Å²) < 4.78 is 72.7. The molecule has 10 heterocycles. The molecule has 14 heteroatoms. The number of carbonyl (C=O) groups excluding carboxylic acids is 1. The number of carbonyl (C=O) groups is 1. The fourth-order valence-electron chi connectivity index (χ4n) is 12.0. The number of fused-ring (bicyclic) bond motifs is 6. The predicted molar refractivity (Wildman–Crippen MR) is 189 cm³/mol. The third kappa shape index (κ3) is 7.15. The lowest BCUT2D eigenvalue weighted by Crippen LogP contribution is -2.61. The molecule has 3 N–H and O–H groups in total. The fourth-order valence-corrected chi connectivity index (χ4v) is 12.0. The molecule has 10 saturated heterocycles. The van der Waals surface area contributed by atoms with Crippen LogP contribution in [-0.2, 0) is 56.9 Å². The largest absolute Gasteiger partial charge is 0.392 e. The van der Waals surface area contributed by atoms with E-state index in [1.807, 2.05) is 0 Å². The van der Waals surface area contributed by atoms with Gasteiger partial charge in [0.1, 0.15) is 36.3 Å². The maximum absolute atomic E-state index is 14.1. The second-order valence-electron chi connectivity index (χ2n) is 18.0. The third-order valence-electron chi connectivity index (χ3n) is 14.4. The number of aliphatic hydroxyl groups excluding tert-OH is 1. The maximum Gasteiger partial charge on any atom is 0.172 e. The molecule has 0 amide bonds. The molecule has 10 aliphatic rings. The summed E-state index contributed by atoms with van der Waals surface area (Å²) in [6, 6.07) is 0. The number of ketones is 1. The number of nitrogens with two attached hydrogens (primary N) is 1. The molecule has 306 valence electrons. The van der Waals surface area contributed by atoms with Crippen LogP contribution in [0.3, 0.4) is 0 Å². The first-order valence-corrected chi connectivity index (χ1v) is 20.9. The Kier molecular flexibility index (Phi) is 11.0. The SMILES string of the molecule is COC1C[C@H]2CC[C@]34C[C@@H]5OC6[C@@H](O3)[C@@H]3O[C@H](CC[C@@H]3O[C@@H]6[C@@H]5O4)CC(=O)C[C@@H]3[C@H](OC)[C@@H](C[C@@H](O)CN)O[C@H]3C[C@@]3(OC)C[C@H](C)C[C@H](CC[C@@H]1O2)O3. The number of hydrogen-bond acceptors (Lipinski definition) is 14. The molecule has 0 aromatic rings. The number of aliphatic hydroxyl groups is 1. The molecule has 12 bridgehead atoms. The molecule has 0 aromatic heterocycles. The first kappa shape index (κ1) is 38.7. The van der Waals surface area contributed by atoms with Gasteiger partial charge in [0.15, 0.2) is 11.6 Å². The molecule has 54 heavy (non-hydrogen) atoms. The summed E-state index contributed by atoms with van der Waals surface area (Å²) in [5.74, 6) is -1.55. The second-order valence-corrected chi connectivity index (χ2v) is 18.0. The van der Waals surface area contributed by atoms with E-state index in [2.05, 4.69) is 6.92 Å². The normalized spacial score (nSPS) is 53.6. The Morgan fingerprint density at radius 3 is 2.31 bits per heavy atom. The van der Waals surface area contributed by atoms with Crippen molar-refractivity contribution in [2.45, 2.75) is 206 Å². The van der Waals surface area contributed by atoms with Crippen molar-refractivity contribution in [3.63, 3.8) is 0 Å². The summed E-state index contributed by atoms with van der Waals surface area (Å²) >= 11 is 0. The van der Waals surface area contributed by atoms with Crippen LogP contribution >= 0.6 is 0 Å². The van der Waals surface area contributed by atoms with Gasteiger partial charge >= 0.3 is 0 Å². The minimum Gasteiger partial charge on any atom is -0.392 e. The van der Waals surface area contributed by atoms with Crippen molar-refractivity contribution in [2.24, 2.45) is 17.6 Å². The topological polar surface area (TPSA) is 165 Å². The zero-order valence-corrected chi connectivity index (χ0v) is 32.4. The molecule has 0 aromatic carbocycles. The van der Waals surface area contributed by atoms with Crippen LogP contribution in [0, 0.1) is 11.8 Å². The van der Waals surface area contributed by atoms with Gasteiger partial charge in [0.25, 0.3) is 0 Å². The third-order valence-corrected chi connectivity index (χ3v) is 14.4. The fraction of sp³-hybridized carbons (Fsp3) is 0.975. The average molecular weight is 766 g/mol. The van der Waals surface area contributed by atoms with E-state index in [1.165, 1.54) is 0 Å². The molecule has 0 radical (unpaired) electrons. The van der Waals surface area contributed by atoms with Gasteiger partial charge in [-0.05, 0) is 44.4 Å². The Hall–Kier alpha value is -0.850. The Morgan fingerprint density at radius 2 is 1.52 bits per heavy atom. The molecular weight excluding hydrogens is 702 g/mol. The van der Waals surface area contributed by atoms with E-state index < -0.39 is 36.0 Å². The number of methoxy groups -OCH3 is 3. The standard InChI is InChI=1S/C40H63NO13/c1-20-11-25-6-7-27-29(44-2)15-24(47-27)9-10-39-18-32-35(53-39)36-37(51-32)38(54-39)34-28(50-36)8-5-23(48-34)12-21(42)13-26-31(17-40(16-20,46-4)52-25)49-30(33(26)45-3)14-22(43)19-41/h20,22-38,43H,5-19,41H2,1-4H3/t20-,22-,23-,24-,25+,26+,27+,28+,29?,30-,31+,32+,33+,34-,35-,36-,37?,38+,39-,40-/m1/s1. The molecule has 1 spiro atoms. The highest BCUT2D eigenvalue weighted by Gasteiger charge is 2.69.